The number of hydrogen-bond donors (Lipinski definition) is 1. The third-order valence-electron chi connectivity index (χ3n) is 2.86. The number of aromatic nitrogens is 2. The summed E-state index contributed by atoms with van der Waals surface area (Å²) in [6.07, 6.45) is 5.34. The van der Waals surface area contributed by atoms with Crippen molar-refractivity contribution in [1.29, 1.82) is 0 Å². The van der Waals surface area contributed by atoms with Crippen LogP contribution in [-0.2, 0) is 4.74 Å². The summed E-state index contributed by atoms with van der Waals surface area (Å²) in [6, 6.07) is 7.98. The molecule has 0 fully saturated rings. The molecule has 2 heterocycles. The average Bonchev–Trinajstić information content (AvgIpc) is 2.50. The predicted molar refractivity (Wildman–Crippen MR) is 77.9 cm³/mol. The van der Waals surface area contributed by atoms with Crippen LogP contribution in [-0.4, -0.2) is 30.3 Å². The van der Waals surface area contributed by atoms with E-state index in [1.165, 1.54) is 5.56 Å². The van der Waals surface area contributed by atoms with E-state index in [1.54, 1.807) is 25.7 Å². The van der Waals surface area contributed by atoms with Gasteiger partial charge in [0.1, 0.15) is 6.61 Å². The van der Waals surface area contributed by atoms with Crippen molar-refractivity contribution in [2.24, 2.45) is 0 Å². The Hall–Kier alpha value is -2.14. The van der Waals surface area contributed by atoms with Crippen LogP contribution in [0.15, 0.2) is 42.9 Å². The lowest BCUT2D eigenvalue weighted by molar-refractivity contribution is 0.144. The fourth-order valence-corrected chi connectivity index (χ4v) is 1.77. The Kier molecular flexibility index (Phi) is 5.32. The van der Waals surface area contributed by atoms with E-state index in [1.807, 2.05) is 24.3 Å². The highest BCUT2D eigenvalue weighted by molar-refractivity contribution is 5.44. The van der Waals surface area contributed by atoms with E-state index in [0.29, 0.717) is 19.1 Å². The largest absolute Gasteiger partial charge is 0.475 e. The molecule has 2 aromatic rings. The highest BCUT2D eigenvalue weighted by Gasteiger charge is 2.05. The van der Waals surface area contributed by atoms with Crippen LogP contribution in [0.5, 0.6) is 5.88 Å². The number of pyridine rings is 2. The maximum atomic E-state index is 5.42. The second kappa shape index (κ2) is 7.45. The minimum absolute atomic E-state index is 0.194. The van der Waals surface area contributed by atoms with Crippen LogP contribution < -0.4 is 10.1 Å². The van der Waals surface area contributed by atoms with Crippen LogP contribution >= 0.6 is 0 Å². The zero-order chi connectivity index (χ0) is 14.2. The van der Waals surface area contributed by atoms with Gasteiger partial charge >= 0.3 is 0 Å². The molecule has 5 nitrogen and oxygen atoms in total. The summed E-state index contributed by atoms with van der Waals surface area (Å²) in [5.41, 5.74) is 2.13. The zero-order valence-corrected chi connectivity index (χ0v) is 11.7. The highest BCUT2D eigenvalue weighted by atomic mass is 16.5. The number of nitrogens with one attached hydrogen (secondary N) is 1. The van der Waals surface area contributed by atoms with Crippen molar-refractivity contribution in [3.8, 4) is 5.88 Å². The van der Waals surface area contributed by atoms with Crippen LogP contribution in [0.25, 0.3) is 0 Å². The first kappa shape index (κ1) is 14.3. The molecule has 2 aromatic heterocycles. The molecule has 0 aliphatic heterocycles. The van der Waals surface area contributed by atoms with Gasteiger partial charge in [0.25, 0.3) is 0 Å². The summed E-state index contributed by atoms with van der Waals surface area (Å²) in [7, 11) is 1.64. The minimum atomic E-state index is 0.194. The smallest absolute Gasteiger partial charge is 0.213 e. The van der Waals surface area contributed by atoms with Crippen molar-refractivity contribution in [1.82, 2.24) is 9.97 Å². The molecule has 5 heteroatoms. The molecule has 1 unspecified atom stereocenters. The van der Waals surface area contributed by atoms with Gasteiger partial charge in [-0.2, -0.15) is 0 Å². The van der Waals surface area contributed by atoms with Gasteiger partial charge in [0.2, 0.25) is 5.88 Å². The van der Waals surface area contributed by atoms with Crippen molar-refractivity contribution < 1.29 is 9.47 Å². The third-order valence-corrected chi connectivity index (χ3v) is 2.86. The number of anilines is 1. The molecule has 0 spiro atoms. The first-order valence-corrected chi connectivity index (χ1v) is 6.54. The van der Waals surface area contributed by atoms with Crippen molar-refractivity contribution in [2.75, 3.05) is 25.6 Å². The summed E-state index contributed by atoms with van der Waals surface area (Å²) in [5.74, 6) is 0.601. The monoisotopic (exact) mass is 273 g/mol. The number of rotatable bonds is 7. The molecule has 0 bridgehead atoms. The molecular formula is C15H19N3O2. The van der Waals surface area contributed by atoms with E-state index < -0.39 is 0 Å². The Morgan fingerprint density at radius 2 is 1.95 bits per heavy atom. The molecule has 0 saturated carbocycles. The van der Waals surface area contributed by atoms with Gasteiger partial charge in [0.05, 0.1) is 18.5 Å². The second-order valence-corrected chi connectivity index (χ2v) is 4.37. The predicted octanol–water partition coefficient (Wildman–Crippen LogP) is 2.67. The Morgan fingerprint density at radius 3 is 2.60 bits per heavy atom. The topological polar surface area (TPSA) is 56.3 Å². The second-order valence-electron chi connectivity index (χ2n) is 4.37. The van der Waals surface area contributed by atoms with Gasteiger partial charge in [-0.15, -0.1) is 0 Å². The van der Waals surface area contributed by atoms with Crippen LogP contribution in [0.2, 0.25) is 0 Å². The van der Waals surface area contributed by atoms with Crippen molar-refractivity contribution in [2.45, 2.75) is 13.0 Å². The number of ether oxygens (including phenoxy) is 2. The fourth-order valence-electron chi connectivity index (χ4n) is 1.77. The summed E-state index contributed by atoms with van der Waals surface area (Å²) in [4.78, 5) is 8.26. The van der Waals surface area contributed by atoms with E-state index in [-0.39, 0.29) is 6.04 Å². The molecule has 20 heavy (non-hydrogen) atoms. The van der Waals surface area contributed by atoms with Gasteiger partial charge < -0.3 is 14.8 Å². The lowest BCUT2D eigenvalue weighted by atomic mass is 10.1. The molecule has 0 aliphatic rings. The third kappa shape index (κ3) is 4.20. The standard InChI is InChI=1S/C15H19N3O2/c1-12(13-5-7-16-8-6-13)18-14-3-4-15(17-11-14)20-10-9-19-2/h3-8,11-12,18H,9-10H2,1-2H3. The molecule has 0 radical (unpaired) electrons. The summed E-state index contributed by atoms with van der Waals surface area (Å²) in [6.45, 7) is 3.16. The zero-order valence-electron chi connectivity index (χ0n) is 11.7. The SMILES string of the molecule is COCCOc1ccc(NC(C)c2ccncc2)cn1. The summed E-state index contributed by atoms with van der Waals surface area (Å²) in [5, 5.41) is 3.38. The molecular weight excluding hydrogens is 254 g/mol. The Bertz CT molecular complexity index is 502. The lowest BCUT2D eigenvalue weighted by Crippen LogP contribution is -2.08. The van der Waals surface area contributed by atoms with Gasteiger partial charge in [-0.05, 0) is 30.7 Å². The van der Waals surface area contributed by atoms with E-state index >= 15 is 0 Å². The van der Waals surface area contributed by atoms with Crippen molar-refractivity contribution in [3.63, 3.8) is 0 Å². The normalized spacial score (nSPS) is 11.9. The van der Waals surface area contributed by atoms with Crippen LogP contribution in [0.4, 0.5) is 5.69 Å². The van der Waals surface area contributed by atoms with Gasteiger partial charge in [-0.25, -0.2) is 4.98 Å². The van der Waals surface area contributed by atoms with Gasteiger partial charge in [0.15, 0.2) is 0 Å². The van der Waals surface area contributed by atoms with E-state index in [2.05, 4.69) is 22.2 Å². The van der Waals surface area contributed by atoms with Crippen molar-refractivity contribution >= 4 is 5.69 Å². The first-order valence-electron chi connectivity index (χ1n) is 6.54. The highest BCUT2D eigenvalue weighted by Crippen LogP contribution is 2.19. The summed E-state index contributed by atoms with van der Waals surface area (Å²) >= 11 is 0. The maximum absolute atomic E-state index is 5.42. The van der Waals surface area contributed by atoms with E-state index in [4.69, 9.17) is 9.47 Å². The first-order chi connectivity index (χ1) is 9.79. The number of hydrogen-bond acceptors (Lipinski definition) is 5. The molecule has 0 aromatic carbocycles. The molecule has 1 atom stereocenters. The molecule has 0 saturated heterocycles. The van der Waals surface area contributed by atoms with E-state index in [9.17, 15) is 0 Å². The molecule has 0 amide bonds. The Labute approximate surface area is 119 Å². The van der Waals surface area contributed by atoms with Gasteiger partial charge in [-0.3, -0.25) is 4.98 Å². The lowest BCUT2D eigenvalue weighted by Gasteiger charge is -2.15. The molecule has 1 N–H and O–H groups in total. The number of methoxy groups -OCH3 is 1. The van der Waals surface area contributed by atoms with Crippen molar-refractivity contribution in [3.05, 3.63) is 48.4 Å². The number of nitrogens with zero attached hydrogens (tertiary/aromatic N) is 2. The molecule has 2 rings (SSSR count). The quantitative estimate of drug-likeness (QED) is 0.786. The van der Waals surface area contributed by atoms with Gasteiger partial charge in [-0.1, -0.05) is 0 Å². The molecule has 0 aliphatic carbocycles. The van der Waals surface area contributed by atoms with E-state index in [0.717, 1.165) is 5.69 Å². The maximum Gasteiger partial charge on any atom is 0.213 e. The van der Waals surface area contributed by atoms with Crippen LogP contribution in [0.1, 0.15) is 18.5 Å². The Balaban J connectivity index is 1.90. The minimum Gasteiger partial charge on any atom is -0.475 e. The fraction of sp³-hybridized carbons (Fsp3) is 0.333. The Morgan fingerprint density at radius 1 is 1.15 bits per heavy atom. The van der Waals surface area contributed by atoms with Crippen LogP contribution in [0.3, 0.4) is 0 Å². The molecule has 106 valence electrons. The summed E-state index contributed by atoms with van der Waals surface area (Å²) < 4.78 is 10.3. The van der Waals surface area contributed by atoms with Crippen LogP contribution in [0, 0.1) is 0 Å². The average molecular weight is 273 g/mol. The van der Waals surface area contributed by atoms with Gasteiger partial charge in [0, 0.05) is 31.6 Å².